The fourth-order valence-corrected chi connectivity index (χ4v) is 3.44. The molecule has 1 aliphatic rings. The minimum Gasteiger partial charge on any atom is -0.493 e. The molecule has 146 valence electrons. The van der Waals surface area contributed by atoms with Crippen LogP contribution >= 0.6 is 0 Å². The van der Waals surface area contributed by atoms with E-state index in [-0.39, 0.29) is 5.88 Å². The van der Waals surface area contributed by atoms with Gasteiger partial charge in [-0.3, -0.25) is 10.1 Å². The van der Waals surface area contributed by atoms with E-state index in [2.05, 4.69) is 21.3 Å². The topological polar surface area (TPSA) is 119 Å². The summed E-state index contributed by atoms with van der Waals surface area (Å²) in [6.45, 7) is 2.44. The number of nitrogens with two attached hydrogens (primary N) is 1. The van der Waals surface area contributed by atoms with Crippen molar-refractivity contribution >= 4 is 0 Å². The highest BCUT2D eigenvalue weighted by molar-refractivity contribution is 5.72. The molecule has 0 aliphatic carbocycles. The van der Waals surface area contributed by atoms with E-state index in [9.17, 15) is 5.26 Å². The van der Waals surface area contributed by atoms with Crippen LogP contribution in [0.3, 0.4) is 0 Å². The molecule has 0 spiro atoms. The fourth-order valence-electron chi connectivity index (χ4n) is 3.44. The highest BCUT2D eigenvalue weighted by Gasteiger charge is 2.35. The summed E-state index contributed by atoms with van der Waals surface area (Å²) in [5.41, 5.74) is 9.37. The molecule has 4 rings (SSSR count). The minimum absolute atomic E-state index is 0.0381. The Hall–Kier alpha value is -3.99. The average Bonchev–Trinajstić information content (AvgIpc) is 3.17. The van der Waals surface area contributed by atoms with Crippen LogP contribution in [0.25, 0.3) is 11.3 Å². The summed E-state index contributed by atoms with van der Waals surface area (Å²) in [6.07, 6.45) is 3.39. The number of H-pyrrole nitrogens is 1. The van der Waals surface area contributed by atoms with Crippen molar-refractivity contribution in [1.29, 1.82) is 5.26 Å². The molecule has 1 aromatic carbocycles. The fraction of sp³-hybridized carbons (Fsp3) is 0.190. The van der Waals surface area contributed by atoms with Crippen LogP contribution < -0.4 is 19.9 Å². The van der Waals surface area contributed by atoms with E-state index in [1.54, 1.807) is 19.5 Å². The van der Waals surface area contributed by atoms with Crippen LogP contribution in [0.15, 0.2) is 54.2 Å². The van der Waals surface area contributed by atoms with Crippen LogP contribution in [0, 0.1) is 11.3 Å². The van der Waals surface area contributed by atoms with Crippen molar-refractivity contribution < 1.29 is 14.2 Å². The van der Waals surface area contributed by atoms with Crippen molar-refractivity contribution in [2.24, 2.45) is 5.73 Å². The summed E-state index contributed by atoms with van der Waals surface area (Å²) >= 11 is 0. The van der Waals surface area contributed by atoms with Crippen LogP contribution in [0.4, 0.5) is 0 Å². The summed E-state index contributed by atoms with van der Waals surface area (Å²) in [4.78, 5) is 4.19. The number of benzene rings is 1. The van der Waals surface area contributed by atoms with Crippen molar-refractivity contribution in [3.63, 3.8) is 0 Å². The standard InChI is InChI=1S/C21H19N5O3/c1-3-28-15-7-6-12(9-16(15)27-2)19-18-17(13-5-4-8-24-11-13)14(10-22)20(23)29-21(18)26-25-19/h4-9,11,17H,3,23H2,1-2H3,(H,25,26)/t17-/m0/s1. The zero-order chi connectivity index (χ0) is 20.4. The Morgan fingerprint density at radius 3 is 2.86 bits per heavy atom. The minimum atomic E-state index is -0.455. The van der Waals surface area contributed by atoms with Crippen LogP contribution in [0.1, 0.15) is 24.0 Å². The smallest absolute Gasteiger partial charge is 0.244 e. The molecule has 3 N–H and O–H groups in total. The number of nitriles is 1. The van der Waals surface area contributed by atoms with Crippen LogP contribution in [-0.2, 0) is 0 Å². The van der Waals surface area contributed by atoms with E-state index < -0.39 is 5.92 Å². The summed E-state index contributed by atoms with van der Waals surface area (Å²) in [5, 5.41) is 17.0. The molecule has 8 heteroatoms. The molecule has 1 aliphatic heterocycles. The summed E-state index contributed by atoms with van der Waals surface area (Å²) in [7, 11) is 1.59. The second kappa shape index (κ2) is 7.56. The quantitative estimate of drug-likeness (QED) is 0.688. The Labute approximate surface area is 167 Å². The number of aromatic nitrogens is 3. The Morgan fingerprint density at radius 2 is 2.17 bits per heavy atom. The number of hydrogen-bond donors (Lipinski definition) is 2. The third-order valence-corrected chi connectivity index (χ3v) is 4.71. The van der Waals surface area contributed by atoms with Gasteiger partial charge in [0.25, 0.3) is 0 Å². The second-order valence-corrected chi connectivity index (χ2v) is 6.33. The number of aromatic amines is 1. The first kappa shape index (κ1) is 18.4. The van der Waals surface area contributed by atoms with Crippen molar-refractivity contribution in [2.45, 2.75) is 12.8 Å². The average molecular weight is 389 g/mol. The summed E-state index contributed by atoms with van der Waals surface area (Å²) in [5.74, 6) is 1.16. The van der Waals surface area contributed by atoms with E-state index in [0.29, 0.717) is 35.3 Å². The molecule has 0 fully saturated rings. The molecule has 2 aromatic heterocycles. The van der Waals surface area contributed by atoms with Gasteiger partial charge in [-0.1, -0.05) is 6.07 Å². The van der Waals surface area contributed by atoms with Gasteiger partial charge in [0, 0.05) is 18.0 Å². The normalized spacial score (nSPS) is 15.3. The first-order valence-corrected chi connectivity index (χ1v) is 9.04. The van der Waals surface area contributed by atoms with E-state index in [1.807, 2.05) is 37.3 Å². The SMILES string of the molecule is CCOc1ccc(-c2[nH]nc3c2[C@@H](c2cccnc2)C(C#N)=C(N)O3)cc1OC. The number of ether oxygens (including phenoxy) is 3. The van der Waals surface area contributed by atoms with E-state index >= 15 is 0 Å². The largest absolute Gasteiger partial charge is 0.493 e. The molecule has 1 atom stereocenters. The molecule has 0 unspecified atom stereocenters. The lowest BCUT2D eigenvalue weighted by Crippen LogP contribution is -2.21. The summed E-state index contributed by atoms with van der Waals surface area (Å²) in [6, 6.07) is 11.5. The number of methoxy groups -OCH3 is 1. The molecule has 0 saturated heterocycles. The monoisotopic (exact) mass is 389 g/mol. The zero-order valence-corrected chi connectivity index (χ0v) is 16.0. The van der Waals surface area contributed by atoms with Gasteiger partial charge in [0.05, 0.1) is 30.9 Å². The first-order valence-electron chi connectivity index (χ1n) is 9.04. The number of allylic oxidation sites excluding steroid dienone is 1. The van der Waals surface area contributed by atoms with E-state index in [4.69, 9.17) is 19.9 Å². The highest BCUT2D eigenvalue weighted by atomic mass is 16.5. The molecule has 0 saturated carbocycles. The predicted octanol–water partition coefficient (Wildman–Crippen LogP) is 3.10. The third kappa shape index (κ3) is 3.12. The van der Waals surface area contributed by atoms with Gasteiger partial charge in [0.1, 0.15) is 11.6 Å². The number of fused-ring (bicyclic) bond motifs is 1. The predicted molar refractivity (Wildman–Crippen MR) is 105 cm³/mol. The number of rotatable bonds is 5. The molecular weight excluding hydrogens is 370 g/mol. The molecule has 0 amide bonds. The van der Waals surface area contributed by atoms with Gasteiger partial charge >= 0.3 is 0 Å². The maximum atomic E-state index is 9.74. The van der Waals surface area contributed by atoms with Crippen molar-refractivity contribution in [3.8, 4) is 34.7 Å². The molecular formula is C21H19N5O3. The van der Waals surface area contributed by atoms with E-state index in [1.165, 1.54) is 0 Å². The van der Waals surface area contributed by atoms with Gasteiger partial charge < -0.3 is 19.9 Å². The lowest BCUT2D eigenvalue weighted by molar-refractivity contribution is 0.311. The van der Waals surface area contributed by atoms with E-state index in [0.717, 1.165) is 16.7 Å². The lowest BCUT2D eigenvalue weighted by atomic mass is 9.83. The first-order chi connectivity index (χ1) is 14.2. The third-order valence-electron chi connectivity index (χ3n) is 4.71. The van der Waals surface area contributed by atoms with Gasteiger partial charge in [-0.05, 0) is 36.8 Å². The van der Waals surface area contributed by atoms with Crippen LogP contribution in [0.5, 0.6) is 17.4 Å². The van der Waals surface area contributed by atoms with Crippen LogP contribution in [0.2, 0.25) is 0 Å². The number of nitrogens with zero attached hydrogens (tertiary/aromatic N) is 3. The van der Waals surface area contributed by atoms with Gasteiger partial charge in [-0.15, -0.1) is 5.10 Å². The van der Waals surface area contributed by atoms with Crippen LogP contribution in [-0.4, -0.2) is 28.9 Å². The molecule has 3 aromatic rings. The van der Waals surface area contributed by atoms with Gasteiger partial charge in [-0.2, -0.15) is 5.26 Å². The van der Waals surface area contributed by atoms with Gasteiger partial charge in [0.15, 0.2) is 11.5 Å². The molecule has 0 bridgehead atoms. The molecule has 3 heterocycles. The number of hydrogen-bond acceptors (Lipinski definition) is 7. The molecule has 29 heavy (non-hydrogen) atoms. The zero-order valence-electron chi connectivity index (χ0n) is 16.0. The Kier molecular flexibility index (Phi) is 4.79. The second-order valence-electron chi connectivity index (χ2n) is 6.33. The van der Waals surface area contributed by atoms with Gasteiger partial charge in [0.2, 0.25) is 11.8 Å². The number of pyridine rings is 1. The maximum absolute atomic E-state index is 9.74. The Morgan fingerprint density at radius 1 is 1.31 bits per heavy atom. The maximum Gasteiger partial charge on any atom is 0.244 e. The van der Waals surface area contributed by atoms with Crippen molar-refractivity contribution in [1.82, 2.24) is 15.2 Å². The number of nitrogens with one attached hydrogen (secondary N) is 1. The summed E-state index contributed by atoms with van der Waals surface area (Å²) < 4.78 is 16.7. The molecule has 0 radical (unpaired) electrons. The Balaban J connectivity index is 1.89. The van der Waals surface area contributed by atoms with Gasteiger partial charge in [-0.25, -0.2) is 0 Å². The highest BCUT2D eigenvalue weighted by Crippen LogP contribution is 2.46. The van der Waals surface area contributed by atoms with Crippen molar-refractivity contribution in [2.75, 3.05) is 13.7 Å². The van der Waals surface area contributed by atoms with Crippen molar-refractivity contribution in [3.05, 3.63) is 65.3 Å². The lowest BCUT2D eigenvalue weighted by Gasteiger charge is -2.23. The Bertz CT molecular complexity index is 1120. The molecule has 8 nitrogen and oxygen atoms in total.